The molecule has 0 aromatic carbocycles. The Morgan fingerprint density at radius 1 is 1.21 bits per heavy atom. The van der Waals surface area contributed by atoms with Crippen molar-refractivity contribution in [3.05, 3.63) is 0 Å². The summed E-state index contributed by atoms with van der Waals surface area (Å²) in [5, 5.41) is 11.6. The van der Waals surface area contributed by atoms with Crippen molar-refractivity contribution in [1.29, 1.82) is 0 Å². The van der Waals surface area contributed by atoms with Gasteiger partial charge >= 0.3 is 12.1 Å². The maximum atomic E-state index is 12.5. The molecule has 2 N–H and O–H groups in total. The molecule has 0 heterocycles. The molecule has 0 unspecified atom stereocenters. The van der Waals surface area contributed by atoms with Crippen molar-refractivity contribution >= 4 is 18.0 Å². The smallest absolute Gasteiger partial charge is 0.408 e. The Labute approximate surface area is 143 Å². The Balaban J connectivity index is 2.64. The van der Waals surface area contributed by atoms with E-state index in [1.165, 1.54) is 11.3 Å². The topological polar surface area (TPSA) is 95.9 Å². The summed E-state index contributed by atoms with van der Waals surface area (Å²) in [6.07, 6.45) is 4.77. The Hall–Kier alpha value is -1.79. The fraction of sp³-hybridized carbons (Fsp3) is 0.824. The minimum absolute atomic E-state index is 0.329. The molecule has 138 valence electrons. The second kappa shape index (κ2) is 8.89. The predicted octanol–water partition coefficient (Wildman–Crippen LogP) is 2.39. The summed E-state index contributed by atoms with van der Waals surface area (Å²) in [6, 6.07) is -0.831. The number of hydrogen-bond donors (Lipinski definition) is 2. The highest BCUT2D eigenvalue weighted by Gasteiger charge is 2.28. The van der Waals surface area contributed by atoms with Crippen LogP contribution >= 0.6 is 0 Å². The molecule has 1 rings (SSSR count). The molecule has 0 radical (unpaired) electrons. The van der Waals surface area contributed by atoms with E-state index in [2.05, 4.69) is 5.32 Å². The van der Waals surface area contributed by atoms with Crippen molar-refractivity contribution in [1.82, 2.24) is 10.2 Å². The van der Waals surface area contributed by atoms with Gasteiger partial charge in [-0.2, -0.15) is 0 Å². The van der Waals surface area contributed by atoms with E-state index in [0.29, 0.717) is 12.5 Å². The van der Waals surface area contributed by atoms with Gasteiger partial charge in [0.2, 0.25) is 5.91 Å². The zero-order chi connectivity index (χ0) is 18.3. The van der Waals surface area contributed by atoms with Gasteiger partial charge < -0.3 is 20.1 Å². The SMILES string of the molecule is C[C@H](NC(=O)OC(C)(C)C)C(=O)N(CC(=O)O)CC1CCCCC1. The quantitative estimate of drug-likeness (QED) is 0.773. The summed E-state index contributed by atoms with van der Waals surface area (Å²) >= 11 is 0. The monoisotopic (exact) mass is 342 g/mol. The van der Waals surface area contributed by atoms with Gasteiger partial charge in [0.25, 0.3) is 0 Å². The van der Waals surface area contributed by atoms with Crippen molar-refractivity contribution in [2.24, 2.45) is 5.92 Å². The molecule has 0 aromatic heterocycles. The number of ether oxygens (including phenoxy) is 1. The molecule has 0 saturated heterocycles. The number of alkyl carbamates (subject to hydrolysis) is 1. The summed E-state index contributed by atoms with van der Waals surface area (Å²) in [5.41, 5.74) is -0.657. The third kappa shape index (κ3) is 7.66. The highest BCUT2D eigenvalue weighted by molar-refractivity contribution is 5.87. The lowest BCUT2D eigenvalue weighted by Gasteiger charge is -2.31. The van der Waals surface area contributed by atoms with Crippen LogP contribution < -0.4 is 5.32 Å². The molecule has 1 aliphatic rings. The van der Waals surface area contributed by atoms with E-state index in [0.717, 1.165) is 25.7 Å². The molecular formula is C17H30N2O5. The van der Waals surface area contributed by atoms with Gasteiger partial charge in [0.05, 0.1) is 0 Å². The van der Waals surface area contributed by atoms with Gasteiger partial charge in [-0.1, -0.05) is 19.3 Å². The lowest BCUT2D eigenvalue weighted by atomic mass is 9.89. The van der Waals surface area contributed by atoms with Crippen molar-refractivity contribution in [2.75, 3.05) is 13.1 Å². The standard InChI is InChI=1S/C17H30N2O5/c1-12(18-16(23)24-17(2,3)4)15(22)19(11-14(20)21)10-13-8-6-5-7-9-13/h12-13H,5-11H2,1-4H3,(H,18,23)(H,20,21)/t12-/m0/s1. The van der Waals surface area contributed by atoms with Crippen molar-refractivity contribution in [3.63, 3.8) is 0 Å². The average Bonchev–Trinajstić information content (AvgIpc) is 2.44. The molecule has 2 amide bonds. The average molecular weight is 342 g/mol. The van der Waals surface area contributed by atoms with Crippen molar-refractivity contribution < 1.29 is 24.2 Å². The first-order valence-corrected chi connectivity index (χ1v) is 8.58. The van der Waals surface area contributed by atoms with E-state index >= 15 is 0 Å². The zero-order valence-electron chi connectivity index (χ0n) is 15.1. The highest BCUT2D eigenvalue weighted by atomic mass is 16.6. The summed E-state index contributed by atoms with van der Waals surface area (Å²) in [6.45, 7) is 6.82. The fourth-order valence-electron chi connectivity index (χ4n) is 2.90. The van der Waals surface area contributed by atoms with Gasteiger partial charge in [-0.25, -0.2) is 4.79 Å². The normalized spacial score (nSPS) is 17.0. The number of amides is 2. The van der Waals surface area contributed by atoms with E-state index in [-0.39, 0.29) is 6.54 Å². The number of carbonyl (C=O) groups excluding carboxylic acids is 2. The van der Waals surface area contributed by atoms with Crippen LogP contribution in [-0.4, -0.2) is 52.7 Å². The molecule has 0 bridgehead atoms. The summed E-state index contributed by atoms with van der Waals surface area (Å²) < 4.78 is 5.13. The van der Waals surface area contributed by atoms with Crippen LogP contribution in [0.2, 0.25) is 0 Å². The van der Waals surface area contributed by atoms with E-state index < -0.39 is 29.6 Å². The molecule has 7 nitrogen and oxygen atoms in total. The third-order valence-electron chi connectivity index (χ3n) is 3.94. The number of carboxylic acid groups (broad SMARTS) is 1. The molecule has 1 saturated carbocycles. The van der Waals surface area contributed by atoms with Gasteiger partial charge in [0.15, 0.2) is 0 Å². The van der Waals surface area contributed by atoms with E-state index in [9.17, 15) is 14.4 Å². The van der Waals surface area contributed by atoms with Crippen LogP contribution in [0, 0.1) is 5.92 Å². The molecule has 1 aliphatic carbocycles. The van der Waals surface area contributed by atoms with Crippen LogP contribution in [-0.2, 0) is 14.3 Å². The van der Waals surface area contributed by atoms with Gasteiger partial charge in [0.1, 0.15) is 18.2 Å². The molecule has 0 aliphatic heterocycles. The number of nitrogens with zero attached hydrogens (tertiary/aromatic N) is 1. The fourth-order valence-corrected chi connectivity index (χ4v) is 2.90. The molecule has 0 spiro atoms. The van der Waals surface area contributed by atoms with Crippen LogP contribution in [0.1, 0.15) is 59.8 Å². The Bertz CT molecular complexity index is 452. The van der Waals surface area contributed by atoms with Crippen molar-refractivity contribution in [3.8, 4) is 0 Å². The van der Waals surface area contributed by atoms with Crippen LogP contribution in [0.25, 0.3) is 0 Å². The first-order chi connectivity index (χ1) is 11.1. The molecule has 1 fully saturated rings. The molecule has 0 aromatic rings. The second-order valence-electron chi connectivity index (χ2n) is 7.48. The molecular weight excluding hydrogens is 312 g/mol. The van der Waals surface area contributed by atoms with Gasteiger partial charge in [0, 0.05) is 6.54 Å². The molecule has 7 heteroatoms. The van der Waals surface area contributed by atoms with Crippen LogP contribution in [0.3, 0.4) is 0 Å². The summed E-state index contributed by atoms with van der Waals surface area (Å²) in [4.78, 5) is 36.7. The number of rotatable bonds is 6. The third-order valence-corrected chi connectivity index (χ3v) is 3.94. The van der Waals surface area contributed by atoms with Crippen LogP contribution in [0.15, 0.2) is 0 Å². The number of hydrogen-bond acceptors (Lipinski definition) is 4. The minimum atomic E-state index is -1.05. The van der Waals surface area contributed by atoms with E-state index in [1.54, 1.807) is 27.7 Å². The number of carboxylic acids is 1. The van der Waals surface area contributed by atoms with E-state index in [4.69, 9.17) is 9.84 Å². The van der Waals surface area contributed by atoms with Crippen LogP contribution in [0.5, 0.6) is 0 Å². The Morgan fingerprint density at radius 3 is 2.29 bits per heavy atom. The molecule has 24 heavy (non-hydrogen) atoms. The predicted molar refractivity (Wildman–Crippen MR) is 89.6 cm³/mol. The largest absolute Gasteiger partial charge is 0.480 e. The summed E-state index contributed by atoms with van der Waals surface area (Å²) in [5.74, 6) is -1.12. The first-order valence-electron chi connectivity index (χ1n) is 8.58. The number of nitrogens with one attached hydrogen (secondary N) is 1. The van der Waals surface area contributed by atoms with Gasteiger partial charge in [-0.15, -0.1) is 0 Å². The lowest BCUT2D eigenvalue weighted by molar-refractivity contribution is -0.145. The minimum Gasteiger partial charge on any atom is -0.480 e. The number of aliphatic carboxylic acids is 1. The zero-order valence-corrected chi connectivity index (χ0v) is 15.1. The lowest BCUT2D eigenvalue weighted by Crippen LogP contribution is -2.50. The second-order valence-corrected chi connectivity index (χ2v) is 7.48. The first kappa shape index (κ1) is 20.3. The molecule has 1 atom stereocenters. The van der Waals surface area contributed by atoms with Crippen molar-refractivity contribution in [2.45, 2.75) is 71.4 Å². The Morgan fingerprint density at radius 2 is 1.79 bits per heavy atom. The maximum Gasteiger partial charge on any atom is 0.408 e. The Kier molecular flexibility index (Phi) is 7.51. The van der Waals surface area contributed by atoms with Gasteiger partial charge in [-0.05, 0) is 46.5 Å². The van der Waals surface area contributed by atoms with E-state index in [1.807, 2.05) is 0 Å². The maximum absolute atomic E-state index is 12.5. The van der Waals surface area contributed by atoms with Crippen LogP contribution in [0.4, 0.5) is 4.79 Å². The highest BCUT2D eigenvalue weighted by Crippen LogP contribution is 2.24. The summed E-state index contributed by atoms with van der Waals surface area (Å²) in [7, 11) is 0. The number of carbonyl (C=O) groups is 3. The van der Waals surface area contributed by atoms with Gasteiger partial charge in [-0.3, -0.25) is 9.59 Å².